The molecule has 1 fully saturated rings. The number of phenolic OH excluding ortho intramolecular Hbond substituents is 1. The SMILES string of the molecule is CN1CCC(CN(C)C(=O)c2ccc(O)cc2)CC1. The second kappa shape index (κ2) is 6.06. The Kier molecular flexibility index (Phi) is 4.43. The Balaban J connectivity index is 1.90. The van der Waals surface area contributed by atoms with Crippen molar-refractivity contribution in [1.82, 2.24) is 9.80 Å². The lowest BCUT2D eigenvalue weighted by Gasteiger charge is -2.31. The molecule has 1 aliphatic rings. The van der Waals surface area contributed by atoms with Gasteiger partial charge in [0.2, 0.25) is 0 Å². The third-order valence-electron chi connectivity index (χ3n) is 3.83. The number of nitrogens with zero attached hydrogens (tertiary/aromatic N) is 2. The molecule has 1 heterocycles. The summed E-state index contributed by atoms with van der Waals surface area (Å²) in [6.07, 6.45) is 2.31. The van der Waals surface area contributed by atoms with Gasteiger partial charge in [0.05, 0.1) is 0 Å². The van der Waals surface area contributed by atoms with Crippen molar-refractivity contribution in [3.63, 3.8) is 0 Å². The van der Waals surface area contributed by atoms with Crippen LogP contribution < -0.4 is 0 Å². The van der Waals surface area contributed by atoms with Crippen molar-refractivity contribution in [2.24, 2.45) is 5.92 Å². The van der Waals surface area contributed by atoms with Crippen molar-refractivity contribution in [3.8, 4) is 5.75 Å². The van der Waals surface area contributed by atoms with Gasteiger partial charge in [0, 0.05) is 19.2 Å². The van der Waals surface area contributed by atoms with Crippen molar-refractivity contribution in [2.45, 2.75) is 12.8 Å². The molecule has 0 aromatic heterocycles. The van der Waals surface area contributed by atoms with Crippen LogP contribution in [0.25, 0.3) is 0 Å². The average Bonchev–Trinajstić information content (AvgIpc) is 2.41. The van der Waals surface area contributed by atoms with Crippen LogP contribution in [0, 0.1) is 5.92 Å². The lowest BCUT2D eigenvalue weighted by molar-refractivity contribution is 0.0747. The fraction of sp³-hybridized carbons (Fsp3) is 0.533. The molecule has 1 amide bonds. The summed E-state index contributed by atoms with van der Waals surface area (Å²) in [5, 5.41) is 9.23. The van der Waals surface area contributed by atoms with Gasteiger partial charge in [0.25, 0.3) is 5.91 Å². The zero-order valence-electron chi connectivity index (χ0n) is 11.7. The molecule has 0 spiro atoms. The van der Waals surface area contributed by atoms with Crippen LogP contribution >= 0.6 is 0 Å². The predicted octanol–water partition coefficient (Wildman–Crippen LogP) is 1.81. The largest absolute Gasteiger partial charge is 0.508 e. The Morgan fingerprint density at radius 3 is 2.47 bits per heavy atom. The van der Waals surface area contributed by atoms with E-state index in [9.17, 15) is 9.90 Å². The number of rotatable bonds is 3. The van der Waals surface area contributed by atoms with Gasteiger partial charge in [0.1, 0.15) is 5.75 Å². The molecule has 1 aromatic carbocycles. The van der Waals surface area contributed by atoms with Gasteiger partial charge in [0.15, 0.2) is 0 Å². The van der Waals surface area contributed by atoms with E-state index >= 15 is 0 Å². The summed E-state index contributed by atoms with van der Waals surface area (Å²) >= 11 is 0. The third kappa shape index (κ3) is 3.70. The molecule has 2 rings (SSSR count). The number of carbonyl (C=O) groups is 1. The van der Waals surface area contributed by atoms with Crippen LogP contribution in [-0.4, -0.2) is 54.5 Å². The molecule has 1 aromatic rings. The molecule has 1 saturated heterocycles. The number of carbonyl (C=O) groups excluding carboxylic acids is 1. The summed E-state index contributed by atoms with van der Waals surface area (Å²) in [4.78, 5) is 16.4. The maximum atomic E-state index is 12.2. The van der Waals surface area contributed by atoms with Gasteiger partial charge in [-0.1, -0.05) is 0 Å². The minimum Gasteiger partial charge on any atom is -0.508 e. The van der Waals surface area contributed by atoms with Crippen LogP contribution in [-0.2, 0) is 0 Å². The number of amides is 1. The first-order valence-corrected chi connectivity index (χ1v) is 6.79. The normalized spacial score (nSPS) is 17.4. The first kappa shape index (κ1) is 13.9. The molecular formula is C15H22N2O2. The molecule has 1 N–H and O–H groups in total. The van der Waals surface area contributed by atoms with E-state index < -0.39 is 0 Å². The highest BCUT2D eigenvalue weighted by Crippen LogP contribution is 2.18. The van der Waals surface area contributed by atoms with Crippen LogP contribution in [0.2, 0.25) is 0 Å². The number of phenols is 1. The predicted molar refractivity (Wildman–Crippen MR) is 75.3 cm³/mol. The van der Waals surface area contributed by atoms with Gasteiger partial charge >= 0.3 is 0 Å². The zero-order chi connectivity index (χ0) is 13.8. The Morgan fingerprint density at radius 1 is 1.32 bits per heavy atom. The van der Waals surface area contributed by atoms with E-state index in [1.807, 2.05) is 7.05 Å². The molecule has 0 aliphatic carbocycles. The maximum Gasteiger partial charge on any atom is 0.253 e. The second-order valence-electron chi connectivity index (χ2n) is 5.48. The van der Waals surface area contributed by atoms with E-state index in [-0.39, 0.29) is 11.7 Å². The number of hydrogen-bond donors (Lipinski definition) is 1. The summed E-state index contributed by atoms with van der Waals surface area (Å²) in [5.41, 5.74) is 0.633. The average molecular weight is 262 g/mol. The molecule has 0 bridgehead atoms. The highest BCUT2D eigenvalue weighted by Gasteiger charge is 2.20. The van der Waals surface area contributed by atoms with Crippen LogP contribution in [0.15, 0.2) is 24.3 Å². The van der Waals surface area contributed by atoms with Gasteiger partial charge in [-0.05, 0) is 63.2 Å². The highest BCUT2D eigenvalue weighted by molar-refractivity contribution is 5.94. The van der Waals surface area contributed by atoms with Crippen LogP contribution in [0.5, 0.6) is 5.75 Å². The second-order valence-corrected chi connectivity index (χ2v) is 5.48. The topological polar surface area (TPSA) is 43.8 Å². The Hall–Kier alpha value is -1.55. The summed E-state index contributed by atoms with van der Waals surface area (Å²) in [6.45, 7) is 3.05. The lowest BCUT2D eigenvalue weighted by atomic mass is 9.96. The number of likely N-dealkylation sites (tertiary alicyclic amines) is 1. The Labute approximate surface area is 114 Å². The van der Waals surface area contributed by atoms with Crippen LogP contribution in [0.1, 0.15) is 23.2 Å². The van der Waals surface area contributed by atoms with Gasteiger partial charge in [-0.25, -0.2) is 0 Å². The zero-order valence-corrected chi connectivity index (χ0v) is 11.7. The molecule has 0 unspecified atom stereocenters. The molecule has 104 valence electrons. The van der Waals surface area contributed by atoms with E-state index in [4.69, 9.17) is 0 Å². The van der Waals surface area contributed by atoms with E-state index in [1.54, 1.807) is 29.2 Å². The molecule has 0 radical (unpaired) electrons. The van der Waals surface area contributed by atoms with Crippen molar-refractivity contribution in [1.29, 1.82) is 0 Å². The molecular weight excluding hydrogens is 240 g/mol. The van der Waals surface area contributed by atoms with Gasteiger partial charge in [-0.3, -0.25) is 4.79 Å². The lowest BCUT2D eigenvalue weighted by Crippen LogP contribution is -2.37. The van der Waals surface area contributed by atoms with Crippen molar-refractivity contribution in [3.05, 3.63) is 29.8 Å². The summed E-state index contributed by atoms with van der Waals surface area (Å²) in [5.74, 6) is 0.815. The molecule has 0 saturated carbocycles. The Bertz CT molecular complexity index is 422. The van der Waals surface area contributed by atoms with Crippen molar-refractivity contribution >= 4 is 5.91 Å². The van der Waals surface area contributed by atoms with E-state index in [1.165, 1.54) is 0 Å². The van der Waals surface area contributed by atoms with Crippen LogP contribution in [0.4, 0.5) is 0 Å². The molecule has 4 nitrogen and oxygen atoms in total. The number of aromatic hydroxyl groups is 1. The van der Waals surface area contributed by atoms with Gasteiger partial charge < -0.3 is 14.9 Å². The van der Waals surface area contributed by atoms with E-state index in [2.05, 4.69) is 11.9 Å². The quantitative estimate of drug-likeness (QED) is 0.903. The summed E-state index contributed by atoms with van der Waals surface area (Å²) < 4.78 is 0. The Morgan fingerprint density at radius 2 is 1.89 bits per heavy atom. The summed E-state index contributed by atoms with van der Waals surface area (Å²) in [6, 6.07) is 6.44. The first-order valence-electron chi connectivity index (χ1n) is 6.79. The molecule has 4 heteroatoms. The fourth-order valence-electron chi connectivity index (χ4n) is 2.54. The third-order valence-corrected chi connectivity index (χ3v) is 3.83. The number of benzene rings is 1. The van der Waals surface area contributed by atoms with Gasteiger partial charge in [-0.15, -0.1) is 0 Å². The minimum absolute atomic E-state index is 0.0268. The van der Waals surface area contributed by atoms with Crippen molar-refractivity contribution < 1.29 is 9.90 Å². The molecule has 19 heavy (non-hydrogen) atoms. The number of piperidine rings is 1. The standard InChI is InChI=1S/C15H22N2O2/c1-16-9-7-12(8-10-16)11-17(2)15(19)13-3-5-14(18)6-4-13/h3-6,12,18H,7-11H2,1-2H3. The monoisotopic (exact) mass is 262 g/mol. The fourth-order valence-corrected chi connectivity index (χ4v) is 2.54. The van der Waals surface area contributed by atoms with E-state index in [0.29, 0.717) is 11.5 Å². The highest BCUT2D eigenvalue weighted by atomic mass is 16.3. The van der Waals surface area contributed by atoms with Crippen molar-refractivity contribution in [2.75, 3.05) is 33.7 Å². The minimum atomic E-state index is 0.0268. The number of hydrogen-bond acceptors (Lipinski definition) is 3. The smallest absolute Gasteiger partial charge is 0.253 e. The maximum absolute atomic E-state index is 12.2. The first-order chi connectivity index (χ1) is 9.06. The van der Waals surface area contributed by atoms with Crippen LogP contribution in [0.3, 0.4) is 0 Å². The molecule has 0 atom stereocenters. The summed E-state index contributed by atoms with van der Waals surface area (Å²) in [7, 11) is 4.00. The molecule has 1 aliphatic heterocycles. The van der Waals surface area contributed by atoms with E-state index in [0.717, 1.165) is 32.5 Å². The van der Waals surface area contributed by atoms with Gasteiger partial charge in [-0.2, -0.15) is 0 Å².